The van der Waals surface area contributed by atoms with E-state index in [1.54, 1.807) is 24.3 Å². The van der Waals surface area contributed by atoms with Gasteiger partial charge in [-0.2, -0.15) is 0 Å². The Labute approximate surface area is 96.4 Å². The number of hydrogen-bond donors (Lipinski definition) is 0. The van der Waals surface area contributed by atoms with Gasteiger partial charge in [0.25, 0.3) is 0 Å². The summed E-state index contributed by atoms with van der Waals surface area (Å²) in [6, 6.07) is 6.90. The number of sulfone groups is 1. The first-order valence-corrected chi connectivity index (χ1v) is 6.93. The first kappa shape index (κ1) is 11.6. The van der Waals surface area contributed by atoms with Gasteiger partial charge in [0, 0.05) is 0 Å². The summed E-state index contributed by atoms with van der Waals surface area (Å²) < 4.78 is 29.4. The highest BCUT2D eigenvalue weighted by molar-refractivity contribution is 7.92. The van der Waals surface area contributed by atoms with Crippen LogP contribution < -0.4 is 0 Å². The molecule has 0 amide bonds. The second-order valence-electron chi connectivity index (χ2n) is 4.57. The van der Waals surface area contributed by atoms with Crippen molar-refractivity contribution >= 4 is 9.84 Å². The van der Waals surface area contributed by atoms with Crippen molar-refractivity contribution in [2.24, 2.45) is 5.92 Å². The van der Waals surface area contributed by atoms with Crippen molar-refractivity contribution < 1.29 is 13.2 Å². The summed E-state index contributed by atoms with van der Waals surface area (Å²) in [6.45, 7) is 5.87. The predicted molar refractivity (Wildman–Crippen MR) is 61.9 cm³/mol. The second-order valence-corrected chi connectivity index (χ2v) is 6.60. The number of aryl methyl sites for hydroxylation is 1. The molecule has 0 unspecified atom stereocenters. The van der Waals surface area contributed by atoms with Crippen LogP contribution in [0, 0.1) is 12.8 Å². The highest BCUT2D eigenvalue weighted by Gasteiger charge is 2.51. The average Bonchev–Trinajstić information content (AvgIpc) is 2.98. The number of benzene rings is 1. The number of rotatable bonds is 3. The molecule has 1 aliphatic heterocycles. The maximum atomic E-state index is 12.1. The monoisotopic (exact) mass is 240 g/mol. The van der Waals surface area contributed by atoms with Gasteiger partial charge in [0.05, 0.1) is 4.90 Å². The molecule has 3 nitrogen and oxygen atoms in total. The van der Waals surface area contributed by atoms with E-state index < -0.39 is 15.3 Å². The third kappa shape index (κ3) is 1.99. The predicted octanol–water partition coefficient (Wildman–Crippen LogP) is 2.15. The third-order valence-electron chi connectivity index (χ3n) is 2.80. The highest BCUT2D eigenvalue weighted by Crippen LogP contribution is 2.36. The molecule has 1 heterocycles. The van der Waals surface area contributed by atoms with Gasteiger partial charge in [0.15, 0.2) is 5.44 Å². The van der Waals surface area contributed by atoms with E-state index in [0.29, 0.717) is 4.90 Å². The number of hydrogen-bond acceptors (Lipinski definition) is 3. The molecule has 0 radical (unpaired) electrons. The molecular weight excluding hydrogens is 224 g/mol. The quantitative estimate of drug-likeness (QED) is 0.760. The first-order valence-electron chi connectivity index (χ1n) is 5.39. The normalized spacial score (nSPS) is 24.8. The van der Waals surface area contributed by atoms with E-state index >= 15 is 0 Å². The van der Waals surface area contributed by atoms with E-state index in [9.17, 15) is 8.42 Å². The summed E-state index contributed by atoms with van der Waals surface area (Å²) in [5, 5.41) is 0. The summed E-state index contributed by atoms with van der Waals surface area (Å²) in [5.41, 5.74) is 0.409. The molecule has 1 saturated heterocycles. The van der Waals surface area contributed by atoms with Gasteiger partial charge in [0.2, 0.25) is 9.84 Å². The molecule has 1 aromatic carbocycles. The van der Waals surface area contributed by atoms with Crippen LogP contribution >= 0.6 is 0 Å². The van der Waals surface area contributed by atoms with Crippen LogP contribution in [0.25, 0.3) is 0 Å². The lowest BCUT2D eigenvalue weighted by molar-refractivity contribution is 0.348. The Balaban J connectivity index is 2.24. The van der Waals surface area contributed by atoms with Gasteiger partial charge < -0.3 is 4.74 Å². The molecule has 0 aliphatic carbocycles. The maximum Gasteiger partial charge on any atom is 0.207 e. The molecule has 0 bridgehead atoms. The van der Waals surface area contributed by atoms with E-state index in [0.717, 1.165) is 5.56 Å². The summed E-state index contributed by atoms with van der Waals surface area (Å²) in [4.78, 5) is 0.353. The fourth-order valence-corrected chi connectivity index (χ4v) is 3.42. The van der Waals surface area contributed by atoms with Gasteiger partial charge in [0.1, 0.15) is 6.10 Å². The Bertz CT molecular complexity index is 473. The Morgan fingerprint density at radius 3 is 2.19 bits per heavy atom. The van der Waals surface area contributed by atoms with Crippen LogP contribution in [0.5, 0.6) is 0 Å². The molecule has 1 aliphatic rings. The van der Waals surface area contributed by atoms with Gasteiger partial charge in [-0.25, -0.2) is 8.42 Å². The molecule has 16 heavy (non-hydrogen) atoms. The van der Waals surface area contributed by atoms with Gasteiger partial charge in [-0.3, -0.25) is 0 Å². The Morgan fingerprint density at radius 2 is 1.75 bits per heavy atom. The Hall–Kier alpha value is -0.870. The van der Waals surface area contributed by atoms with Gasteiger partial charge >= 0.3 is 0 Å². The van der Waals surface area contributed by atoms with Crippen molar-refractivity contribution in [2.45, 2.75) is 37.2 Å². The van der Waals surface area contributed by atoms with E-state index in [4.69, 9.17) is 4.74 Å². The van der Waals surface area contributed by atoms with Crippen LogP contribution in [0.2, 0.25) is 0 Å². The SMILES string of the molecule is Cc1ccc(S(=O)(=O)[C@H]2O[C@H]2C(C)C)cc1. The standard InChI is InChI=1S/C12H16O3S/c1-8(2)11-12(15-11)16(13,14)10-6-4-9(3)5-7-10/h4-8,11-12H,1-3H3/t11-,12+/m0/s1. The molecular formula is C12H16O3S. The first-order chi connectivity index (χ1) is 7.43. The lowest BCUT2D eigenvalue weighted by Crippen LogP contribution is -2.14. The van der Waals surface area contributed by atoms with Crippen LogP contribution in [0.4, 0.5) is 0 Å². The zero-order chi connectivity index (χ0) is 11.9. The minimum Gasteiger partial charge on any atom is -0.352 e. The smallest absolute Gasteiger partial charge is 0.207 e. The zero-order valence-electron chi connectivity index (χ0n) is 9.67. The third-order valence-corrected chi connectivity index (χ3v) is 4.72. The highest BCUT2D eigenvalue weighted by atomic mass is 32.2. The molecule has 0 spiro atoms. The van der Waals surface area contributed by atoms with Crippen LogP contribution in [0.15, 0.2) is 29.2 Å². The number of epoxide rings is 1. The van der Waals surface area contributed by atoms with Crippen LogP contribution in [0.3, 0.4) is 0 Å². The maximum absolute atomic E-state index is 12.1. The van der Waals surface area contributed by atoms with Crippen molar-refractivity contribution in [3.05, 3.63) is 29.8 Å². The lowest BCUT2D eigenvalue weighted by atomic mass is 10.2. The van der Waals surface area contributed by atoms with Crippen molar-refractivity contribution in [3.8, 4) is 0 Å². The molecule has 1 aromatic rings. The molecule has 4 heteroatoms. The topological polar surface area (TPSA) is 46.7 Å². The minimum absolute atomic E-state index is 0.147. The van der Waals surface area contributed by atoms with Gasteiger partial charge in [-0.15, -0.1) is 0 Å². The van der Waals surface area contributed by atoms with Crippen molar-refractivity contribution in [2.75, 3.05) is 0 Å². The van der Waals surface area contributed by atoms with Gasteiger partial charge in [-0.1, -0.05) is 31.5 Å². The fraction of sp³-hybridized carbons (Fsp3) is 0.500. The molecule has 0 N–H and O–H groups in total. The molecule has 2 atom stereocenters. The van der Waals surface area contributed by atoms with Crippen LogP contribution in [-0.2, 0) is 14.6 Å². The van der Waals surface area contributed by atoms with Crippen LogP contribution in [-0.4, -0.2) is 20.0 Å². The van der Waals surface area contributed by atoms with E-state index in [2.05, 4.69) is 0 Å². The van der Waals surface area contributed by atoms with E-state index in [-0.39, 0.29) is 12.0 Å². The largest absolute Gasteiger partial charge is 0.352 e. The van der Waals surface area contributed by atoms with E-state index in [1.165, 1.54) is 0 Å². The molecule has 1 fully saturated rings. The van der Waals surface area contributed by atoms with Crippen LogP contribution in [0.1, 0.15) is 19.4 Å². The fourth-order valence-electron chi connectivity index (χ4n) is 1.69. The molecule has 88 valence electrons. The summed E-state index contributed by atoms with van der Waals surface area (Å²) in [5.74, 6) is 0.241. The number of ether oxygens (including phenoxy) is 1. The van der Waals surface area contributed by atoms with Gasteiger partial charge in [-0.05, 0) is 25.0 Å². The lowest BCUT2D eigenvalue weighted by Gasteiger charge is -2.02. The zero-order valence-corrected chi connectivity index (χ0v) is 10.5. The van der Waals surface area contributed by atoms with E-state index in [1.807, 2.05) is 20.8 Å². The van der Waals surface area contributed by atoms with Crippen molar-refractivity contribution in [1.82, 2.24) is 0 Å². The molecule has 0 saturated carbocycles. The summed E-state index contributed by atoms with van der Waals surface area (Å²) in [7, 11) is -3.30. The Morgan fingerprint density at radius 1 is 1.19 bits per heavy atom. The minimum atomic E-state index is -3.30. The molecule has 0 aromatic heterocycles. The second kappa shape index (κ2) is 3.86. The summed E-state index contributed by atoms with van der Waals surface area (Å²) in [6.07, 6.45) is -0.147. The summed E-state index contributed by atoms with van der Waals surface area (Å²) >= 11 is 0. The van der Waals surface area contributed by atoms with Crippen molar-refractivity contribution in [3.63, 3.8) is 0 Å². The Kier molecular flexibility index (Phi) is 2.80. The molecule has 2 rings (SSSR count). The van der Waals surface area contributed by atoms with Crippen molar-refractivity contribution in [1.29, 1.82) is 0 Å². The average molecular weight is 240 g/mol.